The zero-order valence-corrected chi connectivity index (χ0v) is 24.4. The highest BCUT2D eigenvalue weighted by Gasteiger charge is 2.30. The maximum absolute atomic E-state index is 13.1. The number of hydrogen-bond donors (Lipinski definition) is 1. The molecule has 41 heavy (non-hydrogen) atoms. The van der Waals surface area contributed by atoms with Crippen LogP contribution in [0.5, 0.6) is 0 Å². The number of fused-ring (bicyclic) bond motifs is 1. The summed E-state index contributed by atoms with van der Waals surface area (Å²) in [6.07, 6.45) is 0.273. The van der Waals surface area contributed by atoms with Gasteiger partial charge >= 0.3 is 6.18 Å². The Bertz CT molecular complexity index is 1310. The number of hydrogen-bond acceptors (Lipinski definition) is 2. The van der Waals surface area contributed by atoms with Crippen LogP contribution in [0.25, 0.3) is 11.1 Å². The van der Waals surface area contributed by atoms with Gasteiger partial charge in [0.15, 0.2) is 0 Å². The molecule has 1 saturated heterocycles. The number of benzene rings is 3. The maximum Gasteiger partial charge on any atom is 0.416 e. The Balaban J connectivity index is 0.000000328. The van der Waals surface area contributed by atoms with E-state index < -0.39 is 11.7 Å². The van der Waals surface area contributed by atoms with Crippen molar-refractivity contribution in [3.8, 4) is 0 Å². The molecule has 2 nitrogen and oxygen atoms in total. The van der Waals surface area contributed by atoms with E-state index in [-0.39, 0.29) is 6.67 Å². The second-order valence-electron chi connectivity index (χ2n) is 11.7. The van der Waals surface area contributed by atoms with Crippen LogP contribution in [0.1, 0.15) is 85.8 Å². The van der Waals surface area contributed by atoms with Crippen molar-refractivity contribution in [1.29, 1.82) is 0 Å². The number of rotatable bonds is 6. The number of nitrogen functional groups attached to an aromatic ring is 1. The van der Waals surface area contributed by atoms with Crippen molar-refractivity contribution in [3.63, 3.8) is 0 Å². The summed E-state index contributed by atoms with van der Waals surface area (Å²) in [5.41, 5.74) is 13.8. The molecule has 3 aromatic rings. The molecule has 0 saturated carbocycles. The van der Waals surface area contributed by atoms with Crippen LogP contribution in [0.2, 0.25) is 0 Å². The lowest BCUT2D eigenvalue weighted by Crippen LogP contribution is -2.21. The minimum Gasteiger partial charge on any atom is -0.399 e. The van der Waals surface area contributed by atoms with Crippen LogP contribution in [-0.2, 0) is 12.6 Å². The summed E-state index contributed by atoms with van der Waals surface area (Å²) in [5, 5.41) is 0. The predicted octanol–water partition coefficient (Wildman–Crippen LogP) is 9.39. The fourth-order valence-electron chi connectivity index (χ4n) is 5.83. The van der Waals surface area contributed by atoms with Crippen molar-refractivity contribution < 1.29 is 17.6 Å². The van der Waals surface area contributed by atoms with Crippen LogP contribution < -0.4 is 5.73 Å². The molecule has 1 unspecified atom stereocenters. The molecule has 2 aliphatic rings. The molecule has 2 N–H and O–H groups in total. The smallest absolute Gasteiger partial charge is 0.399 e. The highest BCUT2D eigenvalue weighted by Crippen LogP contribution is 2.41. The van der Waals surface area contributed by atoms with Crippen molar-refractivity contribution in [2.45, 2.75) is 65.0 Å². The van der Waals surface area contributed by atoms with Gasteiger partial charge in [-0.15, -0.1) is 0 Å². The highest BCUT2D eigenvalue weighted by atomic mass is 19.4. The molecule has 5 rings (SSSR count). The quantitative estimate of drug-likeness (QED) is 0.238. The number of nitrogens with two attached hydrogens (primary N) is 1. The number of aryl methyl sites for hydroxylation is 1. The first kappa shape index (κ1) is 30.8. The summed E-state index contributed by atoms with van der Waals surface area (Å²) < 4.78 is 51.0. The van der Waals surface area contributed by atoms with Gasteiger partial charge in [-0.05, 0) is 114 Å². The lowest BCUT2D eigenvalue weighted by Gasteiger charge is -2.18. The van der Waals surface area contributed by atoms with Crippen LogP contribution >= 0.6 is 0 Å². The van der Waals surface area contributed by atoms with Crippen molar-refractivity contribution in [2.24, 2.45) is 5.92 Å². The molecule has 0 aromatic heterocycles. The zero-order chi connectivity index (χ0) is 29.6. The van der Waals surface area contributed by atoms with E-state index in [9.17, 15) is 17.6 Å². The molecule has 1 aliphatic heterocycles. The minimum atomic E-state index is -4.34. The molecule has 220 valence electrons. The third-order valence-corrected chi connectivity index (χ3v) is 8.12. The van der Waals surface area contributed by atoms with Gasteiger partial charge in [-0.1, -0.05) is 63.2 Å². The summed E-state index contributed by atoms with van der Waals surface area (Å²) >= 11 is 0. The van der Waals surface area contributed by atoms with Crippen molar-refractivity contribution in [2.75, 3.05) is 32.0 Å². The van der Waals surface area contributed by atoms with Crippen LogP contribution in [0, 0.1) is 5.92 Å². The van der Waals surface area contributed by atoms with Crippen LogP contribution in [-0.4, -0.2) is 31.2 Å². The van der Waals surface area contributed by atoms with E-state index >= 15 is 0 Å². The number of halogens is 4. The number of allylic oxidation sites excluding steroid dienone is 1. The van der Waals surface area contributed by atoms with Gasteiger partial charge in [0.25, 0.3) is 0 Å². The number of alkyl halides is 4. The average Bonchev–Trinajstić information content (AvgIpc) is 3.27. The van der Waals surface area contributed by atoms with Crippen LogP contribution in [0.4, 0.5) is 23.2 Å². The average molecular weight is 567 g/mol. The van der Waals surface area contributed by atoms with E-state index in [0.717, 1.165) is 65.2 Å². The summed E-state index contributed by atoms with van der Waals surface area (Å²) in [4.78, 5) is 2.35. The first-order valence-electron chi connectivity index (χ1n) is 14.7. The molecule has 0 bridgehead atoms. The highest BCUT2D eigenvalue weighted by molar-refractivity contribution is 6.00. The lowest BCUT2D eigenvalue weighted by molar-refractivity contribution is -0.137. The third kappa shape index (κ3) is 8.00. The normalized spacial score (nSPS) is 17.7. The van der Waals surface area contributed by atoms with E-state index in [1.165, 1.54) is 42.8 Å². The third-order valence-electron chi connectivity index (χ3n) is 8.12. The first-order valence-corrected chi connectivity index (χ1v) is 14.7. The van der Waals surface area contributed by atoms with Crippen LogP contribution in [0.3, 0.4) is 0 Å². The summed E-state index contributed by atoms with van der Waals surface area (Å²) in [5.74, 6) is 1.26. The lowest BCUT2D eigenvalue weighted by atomic mass is 9.86. The summed E-state index contributed by atoms with van der Waals surface area (Å²) in [6, 6.07) is 20.0. The monoisotopic (exact) mass is 566 g/mol. The Morgan fingerprint density at radius 1 is 0.927 bits per heavy atom. The van der Waals surface area contributed by atoms with Gasteiger partial charge in [-0.25, -0.2) is 0 Å². The van der Waals surface area contributed by atoms with Gasteiger partial charge in [0.1, 0.15) is 0 Å². The zero-order valence-electron chi connectivity index (χ0n) is 24.4. The summed E-state index contributed by atoms with van der Waals surface area (Å²) in [6.45, 7) is 9.74. The van der Waals surface area contributed by atoms with Gasteiger partial charge < -0.3 is 10.6 Å². The van der Waals surface area contributed by atoms with E-state index in [0.29, 0.717) is 12.3 Å². The molecule has 0 spiro atoms. The Morgan fingerprint density at radius 2 is 1.61 bits per heavy atom. The Hall–Kier alpha value is -3.12. The second kappa shape index (κ2) is 13.7. The fourth-order valence-corrected chi connectivity index (χ4v) is 5.83. The largest absolute Gasteiger partial charge is 0.416 e. The molecule has 1 aliphatic carbocycles. The van der Waals surface area contributed by atoms with Gasteiger partial charge in [0, 0.05) is 18.8 Å². The van der Waals surface area contributed by atoms with Gasteiger partial charge in [-0.2, -0.15) is 13.2 Å². The van der Waals surface area contributed by atoms with Gasteiger partial charge in [0.2, 0.25) is 0 Å². The summed E-state index contributed by atoms with van der Waals surface area (Å²) in [7, 11) is 0. The number of nitrogens with zero attached hydrogens (tertiary/aromatic N) is 1. The maximum atomic E-state index is 13.1. The standard InChI is InChI=1S/C27H26F3N.C8H16FN/c1-17(2)18-6-8-20(9-7-18)26-24(19-10-12-22(13-11-19)27(28,29)30)5-3-4-21-16-23(31)14-15-25(21)26;1-8-3-6-10(7-8)5-2-4-9/h6-17H,3-5,31H2,1-2H3;8H,2-7H2,1H3. The minimum absolute atomic E-state index is 0.162. The van der Waals surface area contributed by atoms with Gasteiger partial charge in [-0.3, -0.25) is 4.39 Å². The Morgan fingerprint density at radius 3 is 2.20 bits per heavy atom. The first-order chi connectivity index (χ1) is 19.6. The molecule has 6 heteroatoms. The molecular formula is C35H42F4N2. The SMILES string of the molecule is CC(C)c1ccc(C2=C(c3ccc(C(F)(F)F)cc3)CCCc3cc(N)ccc32)cc1.CC1CCN(CCCF)C1. The Kier molecular flexibility index (Phi) is 10.3. The molecule has 1 atom stereocenters. The van der Waals surface area contributed by atoms with E-state index in [4.69, 9.17) is 5.73 Å². The topological polar surface area (TPSA) is 29.3 Å². The molecule has 0 radical (unpaired) electrons. The van der Waals surface area contributed by atoms with Crippen molar-refractivity contribution >= 4 is 16.8 Å². The van der Waals surface area contributed by atoms with Crippen molar-refractivity contribution in [1.82, 2.24) is 4.90 Å². The fraction of sp³-hybridized carbons (Fsp3) is 0.429. The molecule has 3 aromatic carbocycles. The van der Waals surface area contributed by atoms with E-state index in [2.05, 4.69) is 49.9 Å². The predicted molar refractivity (Wildman–Crippen MR) is 162 cm³/mol. The van der Waals surface area contributed by atoms with Crippen molar-refractivity contribution in [3.05, 3.63) is 100 Å². The molecule has 1 heterocycles. The molecule has 0 amide bonds. The Labute approximate surface area is 242 Å². The van der Waals surface area contributed by atoms with Gasteiger partial charge in [0.05, 0.1) is 12.2 Å². The van der Waals surface area contributed by atoms with E-state index in [1.807, 2.05) is 18.2 Å². The number of anilines is 1. The van der Waals surface area contributed by atoms with Crippen LogP contribution in [0.15, 0.2) is 66.7 Å². The van der Waals surface area contributed by atoms with E-state index in [1.54, 1.807) is 12.1 Å². The molecule has 1 fully saturated rings. The second-order valence-corrected chi connectivity index (χ2v) is 11.7. The molecular weight excluding hydrogens is 524 g/mol. The number of likely N-dealkylation sites (tertiary alicyclic amines) is 1.